The smallest absolute Gasteiger partial charge is 0.266 e. The van der Waals surface area contributed by atoms with Crippen LogP contribution in [-0.2, 0) is 0 Å². The van der Waals surface area contributed by atoms with E-state index in [-0.39, 0.29) is 34.9 Å². The molecule has 0 aliphatic rings. The summed E-state index contributed by atoms with van der Waals surface area (Å²) in [6, 6.07) is 15.8. The van der Waals surface area contributed by atoms with Crippen LogP contribution in [0.2, 0.25) is 0 Å². The Labute approximate surface area is 186 Å². The van der Waals surface area contributed by atoms with Crippen LogP contribution in [0, 0.1) is 29.2 Å². The van der Waals surface area contributed by atoms with Gasteiger partial charge in [0.05, 0.1) is 18.2 Å². The van der Waals surface area contributed by atoms with Gasteiger partial charge in [0.1, 0.15) is 11.6 Å². The van der Waals surface area contributed by atoms with Gasteiger partial charge >= 0.3 is 0 Å². The third-order valence-electron chi connectivity index (χ3n) is 4.56. The van der Waals surface area contributed by atoms with Gasteiger partial charge in [-0.05, 0) is 30.3 Å². The topological polar surface area (TPSA) is 142 Å². The maximum absolute atomic E-state index is 9.35. The van der Waals surface area contributed by atoms with Gasteiger partial charge in [0.2, 0.25) is 11.6 Å². The molecular formula is C23H9N9O. The van der Waals surface area contributed by atoms with Gasteiger partial charge in [-0.3, -0.25) is 0 Å². The lowest BCUT2D eigenvalue weighted by Crippen LogP contribution is -2.01. The van der Waals surface area contributed by atoms with Crippen LogP contribution in [0.15, 0.2) is 59.3 Å². The third-order valence-corrected chi connectivity index (χ3v) is 4.56. The molecule has 152 valence electrons. The molecule has 5 rings (SSSR count). The predicted molar refractivity (Wildman–Crippen MR) is 115 cm³/mol. The number of para-hydroxylation sites is 2. The molecule has 0 radical (unpaired) electrons. The van der Waals surface area contributed by atoms with E-state index < -0.39 is 0 Å². The van der Waals surface area contributed by atoms with Crippen molar-refractivity contribution in [1.29, 1.82) is 10.5 Å². The highest BCUT2D eigenvalue weighted by Gasteiger charge is 2.17. The van der Waals surface area contributed by atoms with E-state index in [1.807, 2.05) is 24.3 Å². The van der Waals surface area contributed by atoms with Crippen LogP contribution < -0.4 is 0 Å². The Kier molecular flexibility index (Phi) is 4.68. The fourth-order valence-corrected chi connectivity index (χ4v) is 3.07. The van der Waals surface area contributed by atoms with Crippen molar-refractivity contribution >= 4 is 16.8 Å². The van der Waals surface area contributed by atoms with Crippen LogP contribution in [0.25, 0.3) is 50.4 Å². The van der Waals surface area contributed by atoms with Crippen molar-refractivity contribution in [1.82, 2.24) is 29.9 Å². The molecule has 5 aromatic rings. The first-order chi connectivity index (χ1) is 16.2. The highest BCUT2D eigenvalue weighted by Crippen LogP contribution is 2.28. The van der Waals surface area contributed by atoms with Gasteiger partial charge in [0, 0.05) is 23.5 Å². The van der Waals surface area contributed by atoms with Crippen LogP contribution in [0.3, 0.4) is 0 Å². The van der Waals surface area contributed by atoms with Gasteiger partial charge in [-0.15, -0.1) is 0 Å². The molecule has 0 atom stereocenters. The summed E-state index contributed by atoms with van der Waals surface area (Å²) in [5.41, 5.74) is 2.67. The summed E-state index contributed by atoms with van der Waals surface area (Å²) in [5, 5.41) is 18.3. The van der Waals surface area contributed by atoms with Crippen LogP contribution in [0.5, 0.6) is 0 Å². The van der Waals surface area contributed by atoms with Gasteiger partial charge in [-0.25, -0.2) is 34.7 Å². The summed E-state index contributed by atoms with van der Waals surface area (Å²) in [4.78, 5) is 29.3. The zero-order valence-corrected chi connectivity index (χ0v) is 16.6. The SMILES string of the molecule is [C-]#[N+]c1cc(C#N)cc(-c2nc(-c3cnc(C#N)nc3)nc(-c3nc4ccccc4o3)n2)c1. The second-order valence-corrected chi connectivity index (χ2v) is 6.69. The number of hydrogen-bond acceptors (Lipinski definition) is 9. The van der Waals surface area contributed by atoms with E-state index >= 15 is 0 Å². The maximum atomic E-state index is 9.35. The zero-order chi connectivity index (χ0) is 22.8. The standard InChI is InChI=1S/C23H9N9O/c1-26-16-7-13(9-24)6-14(8-16)20-30-21(15-11-27-19(10-25)28-12-15)32-22(31-20)23-29-17-4-2-3-5-18(17)33-23/h2-8,11-12H. The molecule has 0 aliphatic heterocycles. The maximum Gasteiger partial charge on any atom is 0.266 e. The van der Waals surface area contributed by atoms with Crippen LogP contribution in [0.4, 0.5) is 5.69 Å². The summed E-state index contributed by atoms with van der Waals surface area (Å²) in [6.07, 6.45) is 2.85. The first-order valence-corrected chi connectivity index (χ1v) is 9.44. The highest BCUT2D eigenvalue weighted by atomic mass is 16.3. The molecule has 0 N–H and O–H groups in total. The van der Waals surface area contributed by atoms with Crippen molar-refractivity contribution in [3.8, 4) is 46.6 Å². The Balaban J connectivity index is 1.73. The zero-order valence-electron chi connectivity index (χ0n) is 16.6. The largest absolute Gasteiger partial charge is 0.434 e. The number of aromatic nitrogens is 6. The second kappa shape index (κ2) is 7.95. The van der Waals surface area contributed by atoms with Crippen LogP contribution in [0.1, 0.15) is 11.4 Å². The molecule has 0 amide bonds. The minimum Gasteiger partial charge on any atom is -0.434 e. The van der Waals surface area contributed by atoms with Gasteiger partial charge in [0.25, 0.3) is 5.89 Å². The average Bonchev–Trinajstić information content (AvgIpc) is 3.32. The van der Waals surface area contributed by atoms with Gasteiger partial charge in [-0.1, -0.05) is 12.1 Å². The minimum atomic E-state index is 0.00984. The van der Waals surface area contributed by atoms with E-state index in [4.69, 9.17) is 16.3 Å². The lowest BCUT2D eigenvalue weighted by molar-refractivity contribution is 0.612. The molecule has 10 heteroatoms. The summed E-state index contributed by atoms with van der Waals surface area (Å²) in [6.45, 7) is 7.32. The van der Waals surface area contributed by atoms with Gasteiger partial charge in [0.15, 0.2) is 22.9 Å². The monoisotopic (exact) mass is 427 g/mol. The molecule has 33 heavy (non-hydrogen) atoms. The Morgan fingerprint density at radius 2 is 1.55 bits per heavy atom. The Bertz CT molecular complexity index is 1590. The first-order valence-electron chi connectivity index (χ1n) is 9.44. The van der Waals surface area contributed by atoms with E-state index in [2.05, 4.69) is 34.7 Å². The molecule has 0 saturated carbocycles. The van der Waals surface area contributed by atoms with Crippen LogP contribution >= 0.6 is 0 Å². The van der Waals surface area contributed by atoms with Crippen molar-refractivity contribution in [3.05, 3.63) is 77.7 Å². The van der Waals surface area contributed by atoms with Gasteiger partial charge < -0.3 is 4.42 Å². The number of rotatable bonds is 3. The number of fused-ring (bicyclic) bond motifs is 1. The number of nitrogens with zero attached hydrogens (tertiary/aromatic N) is 9. The predicted octanol–water partition coefficient (Wildman–Crippen LogP) is 4.10. The molecule has 0 unspecified atom stereocenters. The molecule has 3 heterocycles. The third kappa shape index (κ3) is 3.70. The molecule has 10 nitrogen and oxygen atoms in total. The van der Waals surface area contributed by atoms with E-state index in [0.717, 1.165) is 0 Å². The normalized spacial score (nSPS) is 10.3. The first kappa shape index (κ1) is 19.4. The summed E-state index contributed by atoms with van der Waals surface area (Å²) >= 11 is 0. The second-order valence-electron chi connectivity index (χ2n) is 6.69. The van der Waals surface area contributed by atoms with E-state index in [1.54, 1.807) is 24.3 Å². The van der Waals surface area contributed by atoms with Crippen molar-refractivity contribution < 1.29 is 4.42 Å². The summed E-state index contributed by atoms with van der Waals surface area (Å²) in [5.74, 6) is 0.771. The molecular weight excluding hydrogens is 418 g/mol. The molecule has 2 aromatic carbocycles. The van der Waals surface area contributed by atoms with Crippen molar-refractivity contribution in [2.24, 2.45) is 0 Å². The minimum absolute atomic E-state index is 0.00984. The van der Waals surface area contributed by atoms with Crippen LogP contribution in [-0.4, -0.2) is 29.9 Å². The molecule has 0 spiro atoms. The fraction of sp³-hybridized carbons (Fsp3) is 0. The van der Waals surface area contributed by atoms with Crippen molar-refractivity contribution in [2.45, 2.75) is 0 Å². The lowest BCUT2D eigenvalue weighted by Gasteiger charge is -2.07. The number of hydrogen-bond donors (Lipinski definition) is 0. The molecule has 3 aromatic heterocycles. The molecule has 0 bridgehead atoms. The number of nitriles is 2. The lowest BCUT2D eigenvalue weighted by atomic mass is 10.1. The Hall–Kier alpha value is -5.53. The summed E-state index contributed by atoms with van der Waals surface area (Å²) < 4.78 is 5.82. The Morgan fingerprint density at radius 1 is 0.818 bits per heavy atom. The number of benzene rings is 2. The van der Waals surface area contributed by atoms with Gasteiger partial charge in [-0.2, -0.15) is 10.5 Å². The Morgan fingerprint density at radius 3 is 2.24 bits per heavy atom. The van der Waals surface area contributed by atoms with Crippen molar-refractivity contribution in [2.75, 3.05) is 0 Å². The van der Waals surface area contributed by atoms with E-state index in [0.29, 0.717) is 27.8 Å². The highest BCUT2D eigenvalue weighted by molar-refractivity contribution is 5.75. The molecule has 0 saturated heterocycles. The molecule has 0 aliphatic carbocycles. The number of oxazole rings is 1. The van der Waals surface area contributed by atoms with Crippen molar-refractivity contribution in [3.63, 3.8) is 0 Å². The quantitative estimate of drug-likeness (QED) is 0.389. The average molecular weight is 427 g/mol. The van der Waals surface area contributed by atoms with E-state index in [9.17, 15) is 5.26 Å². The van der Waals surface area contributed by atoms with E-state index in [1.165, 1.54) is 18.5 Å². The molecule has 0 fully saturated rings. The fourth-order valence-electron chi connectivity index (χ4n) is 3.07. The summed E-state index contributed by atoms with van der Waals surface area (Å²) in [7, 11) is 0.